The van der Waals surface area contributed by atoms with Crippen LogP contribution in [0.4, 0.5) is 0 Å². The van der Waals surface area contributed by atoms with E-state index < -0.39 is 0 Å². The third-order valence-corrected chi connectivity index (χ3v) is 4.55. The normalized spacial score (nSPS) is 24.6. The van der Waals surface area contributed by atoms with Crippen molar-refractivity contribution in [1.82, 2.24) is 15.2 Å². The molecule has 1 aliphatic carbocycles. The molecular weight excluding hydrogens is 250 g/mol. The van der Waals surface area contributed by atoms with Crippen molar-refractivity contribution >= 4 is 5.91 Å². The summed E-state index contributed by atoms with van der Waals surface area (Å²) in [5.41, 5.74) is 1.22. The highest BCUT2D eigenvalue weighted by Crippen LogP contribution is 2.27. The fourth-order valence-electron chi connectivity index (χ4n) is 3.38. The zero-order chi connectivity index (χ0) is 13.8. The molecule has 2 heterocycles. The largest absolute Gasteiger partial charge is 0.339 e. The van der Waals surface area contributed by atoms with Crippen molar-refractivity contribution in [2.75, 3.05) is 19.6 Å². The van der Waals surface area contributed by atoms with Crippen LogP contribution in [0, 0.1) is 5.92 Å². The van der Waals surface area contributed by atoms with Crippen LogP contribution in [-0.4, -0.2) is 35.4 Å². The lowest BCUT2D eigenvalue weighted by molar-refractivity contribution is -0.137. The second-order valence-electron chi connectivity index (χ2n) is 5.91. The van der Waals surface area contributed by atoms with Crippen molar-refractivity contribution in [2.24, 2.45) is 5.92 Å². The number of pyridine rings is 1. The summed E-state index contributed by atoms with van der Waals surface area (Å²) in [5.74, 6) is 0.658. The molecule has 0 spiro atoms. The van der Waals surface area contributed by atoms with E-state index in [1.54, 1.807) is 0 Å². The summed E-state index contributed by atoms with van der Waals surface area (Å²) in [4.78, 5) is 18.7. The molecule has 0 unspecified atom stereocenters. The zero-order valence-electron chi connectivity index (χ0n) is 11.9. The second kappa shape index (κ2) is 6.35. The molecule has 108 valence electrons. The Balaban J connectivity index is 1.64. The fraction of sp³-hybridized carbons (Fsp3) is 0.625. The number of hydrogen-bond donors (Lipinski definition) is 1. The van der Waals surface area contributed by atoms with E-state index in [0.717, 1.165) is 32.5 Å². The third-order valence-electron chi connectivity index (χ3n) is 4.55. The van der Waals surface area contributed by atoms with Crippen LogP contribution in [0.3, 0.4) is 0 Å². The molecule has 4 heteroatoms. The minimum atomic E-state index is 0.249. The lowest BCUT2D eigenvalue weighted by atomic mass is 9.88. The number of amides is 1. The number of nitrogens with one attached hydrogen (secondary N) is 1. The Bertz CT molecular complexity index is 442. The van der Waals surface area contributed by atoms with E-state index in [0.29, 0.717) is 5.91 Å². The summed E-state index contributed by atoms with van der Waals surface area (Å²) >= 11 is 0. The molecule has 0 radical (unpaired) electrons. The van der Waals surface area contributed by atoms with Gasteiger partial charge in [-0.15, -0.1) is 0 Å². The minimum Gasteiger partial charge on any atom is -0.339 e. The average Bonchev–Trinajstić information content (AvgIpc) is 2.56. The summed E-state index contributed by atoms with van der Waals surface area (Å²) in [6.45, 7) is 2.52. The van der Waals surface area contributed by atoms with E-state index in [4.69, 9.17) is 0 Å². The third kappa shape index (κ3) is 3.01. The Labute approximate surface area is 120 Å². The van der Waals surface area contributed by atoms with Gasteiger partial charge in [-0.25, -0.2) is 0 Å². The van der Waals surface area contributed by atoms with Gasteiger partial charge in [-0.2, -0.15) is 0 Å². The highest BCUT2D eigenvalue weighted by atomic mass is 16.2. The number of carbonyl (C=O) groups excluding carboxylic acids is 1. The van der Waals surface area contributed by atoms with Crippen LogP contribution in [0.1, 0.15) is 43.7 Å². The summed E-state index contributed by atoms with van der Waals surface area (Å²) in [6.07, 6.45) is 9.54. The molecule has 1 atom stereocenters. The maximum atomic E-state index is 12.6. The molecule has 1 N–H and O–H groups in total. The van der Waals surface area contributed by atoms with E-state index in [9.17, 15) is 4.79 Å². The predicted molar refractivity (Wildman–Crippen MR) is 78.1 cm³/mol. The maximum Gasteiger partial charge on any atom is 0.225 e. The van der Waals surface area contributed by atoms with Crippen LogP contribution in [0.2, 0.25) is 0 Å². The summed E-state index contributed by atoms with van der Waals surface area (Å²) in [7, 11) is 0. The van der Waals surface area contributed by atoms with Gasteiger partial charge in [-0.1, -0.05) is 19.3 Å². The van der Waals surface area contributed by atoms with Gasteiger partial charge in [0.25, 0.3) is 0 Å². The molecule has 1 amide bonds. The summed E-state index contributed by atoms with van der Waals surface area (Å²) < 4.78 is 0. The molecule has 1 aromatic rings. The van der Waals surface area contributed by atoms with Crippen LogP contribution in [-0.2, 0) is 4.79 Å². The number of hydrogen-bond acceptors (Lipinski definition) is 3. The fourth-order valence-corrected chi connectivity index (χ4v) is 3.38. The van der Waals surface area contributed by atoms with E-state index in [2.05, 4.69) is 15.2 Å². The van der Waals surface area contributed by atoms with Crippen LogP contribution < -0.4 is 5.32 Å². The lowest BCUT2D eigenvalue weighted by Gasteiger charge is -2.36. The Morgan fingerprint density at radius 2 is 1.95 bits per heavy atom. The van der Waals surface area contributed by atoms with Gasteiger partial charge in [0.1, 0.15) is 0 Å². The molecule has 2 aliphatic rings. The summed E-state index contributed by atoms with van der Waals surface area (Å²) in [6, 6.07) is 4.32. The van der Waals surface area contributed by atoms with E-state index in [-0.39, 0.29) is 12.0 Å². The quantitative estimate of drug-likeness (QED) is 0.898. The summed E-state index contributed by atoms with van der Waals surface area (Å²) in [5, 5.41) is 3.50. The second-order valence-corrected chi connectivity index (χ2v) is 5.91. The smallest absolute Gasteiger partial charge is 0.225 e. The number of aromatic nitrogens is 1. The molecule has 1 aliphatic heterocycles. The highest BCUT2D eigenvalue weighted by molar-refractivity contribution is 5.79. The van der Waals surface area contributed by atoms with Crippen molar-refractivity contribution in [3.8, 4) is 0 Å². The van der Waals surface area contributed by atoms with E-state index in [1.165, 1.54) is 24.8 Å². The van der Waals surface area contributed by atoms with Gasteiger partial charge in [-0.3, -0.25) is 9.78 Å². The standard InChI is InChI=1S/C16H23N3O/c20-16(14-4-2-1-3-5-14)19-11-10-18-15(12-19)13-6-8-17-9-7-13/h6-9,14-15,18H,1-5,10-12H2/t15-/m1/s1. The Kier molecular flexibility index (Phi) is 4.31. The van der Waals surface area contributed by atoms with Crippen molar-refractivity contribution in [3.63, 3.8) is 0 Å². The molecule has 1 aromatic heterocycles. The maximum absolute atomic E-state index is 12.6. The molecule has 1 saturated carbocycles. The van der Waals surface area contributed by atoms with Gasteiger partial charge >= 0.3 is 0 Å². The monoisotopic (exact) mass is 273 g/mol. The molecule has 2 fully saturated rings. The van der Waals surface area contributed by atoms with Gasteiger partial charge in [0.15, 0.2) is 0 Å². The number of piperazine rings is 1. The first-order chi connectivity index (χ1) is 9.84. The van der Waals surface area contributed by atoms with Gasteiger partial charge < -0.3 is 10.2 Å². The predicted octanol–water partition coefficient (Wildman–Crippen LogP) is 2.13. The molecule has 1 saturated heterocycles. The van der Waals surface area contributed by atoms with Crippen LogP contribution in [0.15, 0.2) is 24.5 Å². The molecule has 3 rings (SSSR count). The van der Waals surface area contributed by atoms with E-state index >= 15 is 0 Å². The SMILES string of the molecule is O=C(C1CCCCC1)N1CCN[C@@H](c2ccncc2)C1. The van der Waals surface area contributed by atoms with Crippen LogP contribution in [0.25, 0.3) is 0 Å². The molecule has 0 aromatic carbocycles. The first-order valence-corrected chi connectivity index (χ1v) is 7.76. The molecular formula is C16H23N3O. The Morgan fingerprint density at radius 3 is 2.70 bits per heavy atom. The first kappa shape index (κ1) is 13.6. The van der Waals surface area contributed by atoms with Crippen molar-refractivity contribution in [1.29, 1.82) is 0 Å². The Morgan fingerprint density at radius 1 is 1.20 bits per heavy atom. The topological polar surface area (TPSA) is 45.2 Å². The number of nitrogens with zero attached hydrogens (tertiary/aromatic N) is 2. The van der Waals surface area contributed by atoms with Crippen LogP contribution >= 0.6 is 0 Å². The Hall–Kier alpha value is -1.42. The van der Waals surface area contributed by atoms with Gasteiger partial charge in [-0.05, 0) is 30.5 Å². The van der Waals surface area contributed by atoms with Crippen molar-refractivity contribution < 1.29 is 4.79 Å². The van der Waals surface area contributed by atoms with Crippen molar-refractivity contribution in [2.45, 2.75) is 38.1 Å². The molecule has 20 heavy (non-hydrogen) atoms. The van der Waals surface area contributed by atoms with Gasteiger partial charge in [0.05, 0.1) is 6.04 Å². The molecule has 0 bridgehead atoms. The number of rotatable bonds is 2. The van der Waals surface area contributed by atoms with E-state index in [1.807, 2.05) is 24.5 Å². The highest BCUT2D eigenvalue weighted by Gasteiger charge is 2.29. The zero-order valence-corrected chi connectivity index (χ0v) is 11.9. The first-order valence-electron chi connectivity index (χ1n) is 7.76. The number of carbonyl (C=O) groups is 1. The molecule has 4 nitrogen and oxygen atoms in total. The minimum absolute atomic E-state index is 0.249. The van der Waals surface area contributed by atoms with Crippen molar-refractivity contribution in [3.05, 3.63) is 30.1 Å². The van der Waals surface area contributed by atoms with Crippen LogP contribution in [0.5, 0.6) is 0 Å². The average molecular weight is 273 g/mol. The van der Waals surface area contributed by atoms with Gasteiger partial charge in [0.2, 0.25) is 5.91 Å². The van der Waals surface area contributed by atoms with Gasteiger partial charge in [0, 0.05) is 37.9 Å². The lowest BCUT2D eigenvalue weighted by Crippen LogP contribution is -2.50.